The van der Waals surface area contributed by atoms with Crippen LogP contribution in [-0.2, 0) is 11.2 Å². The molecule has 140 valence electrons. The molecule has 1 aromatic heterocycles. The predicted molar refractivity (Wildman–Crippen MR) is 98.9 cm³/mol. The van der Waals surface area contributed by atoms with Gasteiger partial charge in [0.05, 0.1) is 20.1 Å². The third-order valence-corrected chi connectivity index (χ3v) is 4.16. The highest BCUT2D eigenvalue weighted by atomic mass is 16.5. The zero-order valence-electron chi connectivity index (χ0n) is 15.3. The standard InChI is InChI=1S/C19H21N5O3/c1-12-6-4-8-14(10-12)20-19(25)15(18-21-23-24-22-18)11-13-7-5-9-16(26-2)17(13)27-3/h4-10,15H,11H2,1-3H3,(H2,20,21,22,23,24,25)/p-1/t15-/m0/s1. The number of hydrogen-bond acceptors (Lipinski definition) is 6. The molecule has 1 N–H and O–H groups in total. The van der Waals surface area contributed by atoms with Gasteiger partial charge in [-0.05, 0) is 42.7 Å². The molecule has 0 radical (unpaired) electrons. The normalized spacial score (nSPS) is 11.7. The summed E-state index contributed by atoms with van der Waals surface area (Å²) in [5.41, 5.74) is 2.55. The molecule has 0 saturated heterocycles. The number of aryl methyl sites for hydroxylation is 1. The van der Waals surface area contributed by atoms with Crippen molar-refractivity contribution in [3.8, 4) is 11.5 Å². The van der Waals surface area contributed by atoms with Crippen LogP contribution in [0.2, 0.25) is 0 Å². The van der Waals surface area contributed by atoms with Gasteiger partial charge in [-0.1, -0.05) is 24.3 Å². The molecular weight excluding hydrogens is 346 g/mol. The van der Waals surface area contributed by atoms with Gasteiger partial charge in [-0.25, -0.2) is 0 Å². The molecule has 1 amide bonds. The first kappa shape index (κ1) is 18.4. The first-order chi connectivity index (χ1) is 13.1. The van der Waals surface area contributed by atoms with Crippen LogP contribution >= 0.6 is 0 Å². The first-order valence-electron chi connectivity index (χ1n) is 8.38. The number of amides is 1. The van der Waals surface area contributed by atoms with E-state index in [2.05, 4.69) is 25.9 Å². The molecule has 27 heavy (non-hydrogen) atoms. The second-order valence-electron chi connectivity index (χ2n) is 6.01. The number of carbonyl (C=O) groups is 1. The van der Waals surface area contributed by atoms with Crippen molar-refractivity contribution in [3.63, 3.8) is 0 Å². The van der Waals surface area contributed by atoms with Gasteiger partial charge in [0.2, 0.25) is 5.91 Å². The Labute approximate surface area is 156 Å². The highest BCUT2D eigenvalue weighted by Crippen LogP contribution is 2.33. The third kappa shape index (κ3) is 4.22. The number of ether oxygens (including phenoxy) is 2. The SMILES string of the molecule is COc1cccc(C[C@H](C(=O)Nc2cccc(C)c2)c2nnn[n-]2)c1OC. The van der Waals surface area contributed by atoms with Crippen molar-refractivity contribution in [3.05, 3.63) is 59.4 Å². The molecule has 0 fully saturated rings. The van der Waals surface area contributed by atoms with Gasteiger partial charge in [0, 0.05) is 11.5 Å². The van der Waals surface area contributed by atoms with Crippen LogP contribution in [0, 0.1) is 6.92 Å². The molecule has 0 aliphatic rings. The summed E-state index contributed by atoms with van der Waals surface area (Å²) in [7, 11) is 3.13. The number of para-hydroxylation sites is 1. The first-order valence-corrected chi connectivity index (χ1v) is 8.38. The van der Waals surface area contributed by atoms with Crippen LogP contribution in [0.5, 0.6) is 11.5 Å². The van der Waals surface area contributed by atoms with Crippen molar-refractivity contribution >= 4 is 11.6 Å². The quantitative estimate of drug-likeness (QED) is 0.683. The number of rotatable bonds is 7. The van der Waals surface area contributed by atoms with E-state index in [4.69, 9.17) is 9.47 Å². The highest BCUT2D eigenvalue weighted by molar-refractivity contribution is 5.95. The van der Waals surface area contributed by atoms with Crippen LogP contribution in [-0.4, -0.2) is 35.7 Å². The summed E-state index contributed by atoms with van der Waals surface area (Å²) in [6.45, 7) is 1.96. The lowest BCUT2D eigenvalue weighted by Crippen LogP contribution is -2.24. The minimum atomic E-state index is -0.679. The Morgan fingerprint density at radius 1 is 1.19 bits per heavy atom. The average molecular weight is 366 g/mol. The van der Waals surface area contributed by atoms with E-state index in [1.807, 2.05) is 43.3 Å². The fourth-order valence-electron chi connectivity index (χ4n) is 2.88. The van der Waals surface area contributed by atoms with Gasteiger partial charge < -0.3 is 19.9 Å². The van der Waals surface area contributed by atoms with E-state index in [9.17, 15) is 4.79 Å². The molecular formula is C19H20N5O3-. The highest BCUT2D eigenvalue weighted by Gasteiger charge is 2.23. The molecule has 3 aromatic rings. The van der Waals surface area contributed by atoms with E-state index in [0.717, 1.165) is 11.1 Å². The molecule has 1 atom stereocenters. The minimum Gasteiger partial charge on any atom is -0.493 e. The lowest BCUT2D eigenvalue weighted by atomic mass is 9.96. The Hall–Kier alpha value is -3.42. The molecule has 8 heteroatoms. The maximum absolute atomic E-state index is 13.0. The number of carbonyl (C=O) groups excluding carboxylic acids is 1. The Morgan fingerprint density at radius 3 is 2.67 bits per heavy atom. The molecule has 0 spiro atoms. The van der Waals surface area contributed by atoms with Crippen LogP contribution in [0.4, 0.5) is 5.69 Å². The molecule has 3 rings (SSSR count). The number of methoxy groups -OCH3 is 2. The van der Waals surface area contributed by atoms with Gasteiger partial charge in [0.25, 0.3) is 0 Å². The second kappa shape index (κ2) is 8.31. The molecule has 0 aliphatic heterocycles. The molecule has 2 aromatic carbocycles. The van der Waals surface area contributed by atoms with Crippen LogP contribution in [0.15, 0.2) is 42.5 Å². The number of benzene rings is 2. The largest absolute Gasteiger partial charge is 0.493 e. The molecule has 8 nitrogen and oxygen atoms in total. The Morgan fingerprint density at radius 2 is 2.00 bits per heavy atom. The summed E-state index contributed by atoms with van der Waals surface area (Å²) in [5.74, 6) is 0.486. The van der Waals surface area contributed by atoms with Crippen molar-refractivity contribution < 1.29 is 14.3 Å². The molecule has 0 bridgehead atoms. The Bertz CT molecular complexity index is 911. The lowest BCUT2D eigenvalue weighted by molar-refractivity contribution is -0.117. The van der Waals surface area contributed by atoms with E-state index in [-0.39, 0.29) is 11.7 Å². The van der Waals surface area contributed by atoms with Gasteiger partial charge in [-0.3, -0.25) is 15.1 Å². The van der Waals surface area contributed by atoms with Gasteiger partial charge in [0.15, 0.2) is 11.5 Å². The zero-order valence-corrected chi connectivity index (χ0v) is 15.3. The zero-order chi connectivity index (χ0) is 19.2. The van der Waals surface area contributed by atoms with Crippen LogP contribution in [0.25, 0.3) is 0 Å². The number of nitrogens with zero attached hydrogens (tertiary/aromatic N) is 4. The predicted octanol–water partition coefficient (Wildman–Crippen LogP) is 2.12. The fourth-order valence-corrected chi connectivity index (χ4v) is 2.88. The maximum Gasteiger partial charge on any atom is 0.232 e. The number of aromatic nitrogens is 4. The van der Waals surface area contributed by atoms with Gasteiger partial charge in [-0.15, -0.1) is 0 Å². The summed E-state index contributed by atoms with van der Waals surface area (Å²) in [5, 5.41) is 17.7. The summed E-state index contributed by atoms with van der Waals surface area (Å²) < 4.78 is 10.8. The van der Waals surface area contributed by atoms with Gasteiger partial charge >= 0.3 is 0 Å². The fraction of sp³-hybridized carbons (Fsp3) is 0.263. The van der Waals surface area contributed by atoms with Crippen LogP contribution in [0.3, 0.4) is 0 Å². The van der Waals surface area contributed by atoms with Gasteiger partial charge in [0.1, 0.15) is 0 Å². The summed E-state index contributed by atoms with van der Waals surface area (Å²) >= 11 is 0. The van der Waals surface area contributed by atoms with Crippen molar-refractivity contribution in [2.45, 2.75) is 19.3 Å². The third-order valence-electron chi connectivity index (χ3n) is 4.16. The molecule has 0 aliphatic carbocycles. The van der Waals surface area contributed by atoms with Crippen molar-refractivity contribution in [2.24, 2.45) is 0 Å². The number of hydrogen-bond donors (Lipinski definition) is 1. The Kier molecular flexibility index (Phi) is 5.65. The summed E-state index contributed by atoms with van der Waals surface area (Å²) in [6, 6.07) is 13.1. The molecule has 1 heterocycles. The van der Waals surface area contributed by atoms with E-state index >= 15 is 0 Å². The van der Waals surface area contributed by atoms with E-state index in [1.54, 1.807) is 20.3 Å². The topological polar surface area (TPSA) is 100 Å². The van der Waals surface area contributed by atoms with Crippen molar-refractivity contribution in [2.75, 3.05) is 19.5 Å². The summed E-state index contributed by atoms with van der Waals surface area (Å²) in [4.78, 5) is 13.0. The monoisotopic (exact) mass is 366 g/mol. The summed E-state index contributed by atoms with van der Waals surface area (Å²) in [6.07, 6.45) is 0.311. The van der Waals surface area contributed by atoms with Crippen LogP contribution in [0.1, 0.15) is 22.9 Å². The van der Waals surface area contributed by atoms with E-state index in [1.165, 1.54) is 0 Å². The Balaban J connectivity index is 1.90. The van der Waals surface area contributed by atoms with Crippen LogP contribution < -0.4 is 19.9 Å². The maximum atomic E-state index is 13.0. The van der Waals surface area contributed by atoms with E-state index < -0.39 is 5.92 Å². The average Bonchev–Trinajstić information content (AvgIpc) is 3.20. The number of tetrazole rings is 1. The molecule has 0 saturated carbocycles. The lowest BCUT2D eigenvalue weighted by Gasteiger charge is -2.19. The number of anilines is 1. The van der Waals surface area contributed by atoms with Gasteiger partial charge in [-0.2, -0.15) is 5.21 Å². The number of nitrogens with one attached hydrogen (secondary N) is 1. The molecule has 0 unspecified atom stereocenters. The smallest absolute Gasteiger partial charge is 0.232 e. The van der Waals surface area contributed by atoms with Crippen molar-refractivity contribution in [1.29, 1.82) is 0 Å². The van der Waals surface area contributed by atoms with Crippen molar-refractivity contribution in [1.82, 2.24) is 20.6 Å². The minimum absolute atomic E-state index is 0.250. The van der Waals surface area contributed by atoms with E-state index in [0.29, 0.717) is 23.6 Å². The second-order valence-corrected chi connectivity index (χ2v) is 6.01.